The Morgan fingerprint density at radius 3 is 1.36 bits per heavy atom. The van der Waals surface area contributed by atoms with Gasteiger partial charge in [0.15, 0.2) is 8.56 Å². The van der Waals surface area contributed by atoms with Crippen LogP contribution >= 0.6 is 0 Å². The maximum absolute atomic E-state index is 12.2. The van der Waals surface area contributed by atoms with Gasteiger partial charge in [-0.2, -0.15) is 5.70 Å². The van der Waals surface area contributed by atoms with Crippen LogP contribution < -0.4 is 15.2 Å². The van der Waals surface area contributed by atoms with Crippen LogP contribution in [-0.2, 0) is 0 Å². The van der Waals surface area contributed by atoms with Crippen molar-refractivity contribution < 1.29 is 11.0 Å². The molecule has 249 valence electrons. The van der Waals surface area contributed by atoms with Crippen molar-refractivity contribution in [2.24, 2.45) is 4.99 Å². The summed E-state index contributed by atoms with van der Waals surface area (Å²) in [6.07, 6.45) is 2.11. The second kappa shape index (κ2) is 18.4. The topological polar surface area (TPSA) is 69.8 Å². The first-order valence-corrected chi connectivity index (χ1v) is 18.3. The third-order valence-electron chi connectivity index (χ3n) is 8.01. The standard InChI is InChI=1S/C29H41N2.C12H11O2Si.Ga.H2/c1-18(2)24-13-11-14-25(19(3)4)28(24)30-22(9)17-23(10)31-29-26(20(5)6)15-12-16-27(29)21(7)8;13-15(14,11-7-3-1-4-8-11)12-9-5-2-6-10-12;;/h11-21H,1-10H3;1-10,13H;;1H/q2*-1;;/b22-17+,31-23?;;;. The van der Waals surface area contributed by atoms with Crippen LogP contribution in [0.5, 0.6) is 0 Å². The molecule has 0 atom stereocenters. The molecular weight excluding hydrogens is 650 g/mol. The van der Waals surface area contributed by atoms with Crippen LogP contribution in [0.1, 0.15) is 117 Å². The molecule has 1 N–H and O–H groups in total. The molecule has 0 aliphatic carbocycles. The van der Waals surface area contributed by atoms with Gasteiger partial charge >= 0.3 is 0 Å². The molecule has 0 spiro atoms. The summed E-state index contributed by atoms with van der Waals surface area (Å²) in [4.78, 5) is 27.3. The number of benzene rings is 4. The van der Waals surface area contributed by atoms with Gasteiger partial charge in [0.25, 0.3) is 0 Å². The average molecular weight is 705 g/mol. The molecule has 0 saturated heterocycles. The van der Waals surface area contributed by atoms with E-state index in [1.54, 1.807) is 48.5 Å². The van der Waals surface area contributed by atoms with Gasteiger partial charge in [-0.15, -0.1) is 5.69 Å². The van der Waals surface area contributed by atoms with Gasteiger partial charge in [-0.25, -0.2) is 0 Å². The fraction of sp³-hybridized carbons (Fsp3) is 0.341. The zero-order valence-electron chi connectivity index (χ0n) is 30.0. The molecule has 3 radical (unpaired) electrons. The van der Waals surface area contributed by atoms with Crippen LogP contribution in [0.3, 0.4) is 0 Å². The fourth-order valence-electron chi connectivity index (χ4n) is 5.50. The predicted molar refractivity (Wildman–Crippen MR) is 207 cm³/mol. The van der Waals surface area contributed by atoms with Crippen LogP contribution in [0, 0.1) is 0 Å². The average Bonchev–Trinajstić information content (AvgIpc) is 3.01. The number of hydrogen-bond acceptors (Lipinski definition) is 3. The molecule has 0 aromatic heterocycles. The number of nitrogens with zero attached hydrogens (tertiary/aromatic N) is 2. The minimum absolute atomic E-state index is 0. The van der Waals surface area contributed by atoms with Crippen LogP contribution in [0.2, 0.25) is 0 Å². The van der Waals surface area contributed by atoms with E-state index in [1.807, 2.05) is 12.1 Å². The van der Waals surface area contributed by atoms with Crippen LogP contribution in [0.25, 0.3) is 5.32 Å². The van der Waals surface area contributed by atoms with Crippen molar-refractivity contribution in [2.75, 3.05) is 0 Å². The molecule has 0 amide bonds. The second-order valence-electron chi connectivity index (χ2n) is 13.2. The molecule has 0 fully saturated rings. The minimum atomic E-state index is -3.71. The van der Waals surface area contributed by atoms with E-state index in [0.29, 0.717) is 34.0 Å². The minimum Gasteiger partial charge on any atom is -0.831 e. The first-order valence-electron chi connectivity index (χ1n) is 16.5. The van der Waals surface area contributed by atoms with Crippen molar-refractivity contribution in [1.29, 1.82) is 0 Å². The van der Waals surface area contributed by atoms with E-state index < -0.39 is 8.56 Å². The SMILES string of the molecule is CC(/C=C(\C)[N-]c1c(C(C)C)cccc1C(C)C)=Nc1c(C(C)C)cccc1C(C)C.[Ga].[HH].[O-][Si](O)(c1ccccc1)c1ccccc1. The van der Waals surface area contributed by atoms with Crippen molar-refractivity contribution in [3.8, 4) is 0 Å². The third kappa shape index (κ3) is 10.9. The molecule has 4 aromatic carbocycles. The number of hydrogen-bond donors (Lipinski definition) is 1. The van der Waals surface area contributed by atoms with E-state index >= 15 is 0 Å². The first-order chi connectivity index (χ1) is 21.7. The Labute approximate surface area is 299 Å². The fourth-order valence-corrected chi connectivity index (χ4v) is 7.12. The molecular formula is C41H54GaN2O2Si-2. The van der Waals surface area contributed by atoms with Crippen LogP contribution in [0.15, 0.2) is 114 Å². The summed E-state index contributed by atoms with van der Waals surface area (Å²) >= 11 is 0. The van der Waals surface area contributed by atoms with Gasteiger partial charge in [-0.05, 0) is 52.1 Å². The molecule has 0 unspecified atom stereocenters. The summed E-state index contributed by atoms with van der Waals surface area (Å²) < 4.78 is 0. The van der Waals surface area contributed by atoms with Crippen molar-refractivity contribution in [3.63, 3.8) is 0 Å². The van der Waals surface area contributed by atoms with Gasteiger partial charge in [0, 0.05) is 26.9 Å². The maximum atomic E-state index is 12.2. The zero-order valence-corrected chi connectivity index (χ0v) is 33.4. The Bertz CT molecular complexity index is 1520. The van der Waals surface area contributed by atoms with Gasteiger partial charge in [0.1, 0.15) is 0 Å². The summed E-state index contributed by atoms with van der Waals surface area (Å²) in [5.41, 5.74) is 9.45. The van der Waals surface area contributed by atoms with Crippen LogP contribution in [-0.4, -0.2) is 38.9 Å². The Balaban J connectivity index is 0.000000568. The summed E-state index contributed by atoms with van der Waals surface area (Å²) in [7, 11) is -3.71. The molecule has 47 heavy (non-hydrogen) atoms. The molecule has 0 aliphatic heterocycles. The number of allylic oxidation sites excluding steroid dienone is 2. The summed E-state index contributed by atoms with van der Waals surface area (Å²) in [6, 6.07) is 30.6. The molecule has 4 nitrogen and oxygen atoms in total. The predicted octanol–water partition coefficient (Wildman–Crippen LogP) is 9.34. The van der Waals surface area contributed by atoms with Gasteiger partial charge in [-0.3, -0.25) is 4.99 Å². The normalized spacial score (nSPS) is 12.3. The molecule has 0 aliphatic rings. The molecule has 4 aromatic rings. The monoisotopic (exact) mass is 703 g/mol. The van der Waals surface area contributed by atoms with Gasteiger partial charge < -0.3 is 14.9 Å². The number of para-hydroxylation sites is 2. The van der Waals surface area contributed by atoms with Crippen molar-refractivity contribution in [3.05, 3.63) is 136 Å². The first kappa shape index (κ1) is 40.0. The van der Waals surface area contributed by atoms with Crippen molar-refractivity contribution in [2.45, 2.75) is 92.9 Å². The van der Waals surface area contributed by atoms with E-state index in [1.165, 1.54) is 22.3 Å². The largest absolute Gasteiger partial charge is 0.831 e. The van der Waals surface area contributed by atoms with E-state index in [9.17, 15) is 9.59 Å². The summed E-state index contributed by atoms with van der Waals surface area (Å²) in [5, 5.41) is 6.07. The molecule has 6 heteroatoms. The Hall–Kier alpha value is -3.14. The molecule has 0 heterocycles. The van der Waals surface area contributed by atoms with Crippen molar-refractivity contribution >= 4 is 55.8 Å². The Morgan fingerprint density at radius 2 is 1.00 bits per heavy atom. The molecule has 4 rings (SSSR count). The smallest absolute Gasteiger partial charge is 0.158 e. The Kier molecular flexibility index (Phi) is 15.7. The molecule has 0 bridgehead atoms. The van der Waals surface area contributed by atoms with Gasteiger partial charge in [0.2, 0.25) is 0 Å². The van der Waals surface area contributed by atoms with Gasteiger partial charge in [0.05, 0.1) is 5.69 Å². The van der Waals surface area contributed by atoms with Crippen molar-refractivity contribution in [1.82, 2.24) is 0 Å². The summed E-state index contributed by atoms with van der Waals surface area (Å²) in [5.74, 6) is 1.75. The van der Waals surface area contributed by atoms with E-state index in [4.69, 9.17) is 10.3 Å². The number of rotatable bonds is 10. The summed E-state index contributed by atoms with van der Waals surface area (Å²) in [6.45, 7) is 22.1. The van der Waals surface area contributed by atoms with Gasteiger partial charge in [-0.1, -0.05) is 177 Å². The maximum Gasteiger partial charge on any atom is 0.158 e. The van der Waals surface area contributed by atoms with Crippen LogP contribution in [0.4, 0.5) is 11.4 Å². The number of aliphatic imine (C=N–C) groups is 1. The van der Waals surface area contributed by atoms with E-state index in [2.05, 4.69) is 112 Å². The van der Waals surface area contributed by atoms with E-state index in [0.717, 1.165) is 22.8 Å². The molecule has 0 saturated carbocycles. The third-order valence-corrected chi connectivity index (χ3v) is 10.2. The quantitative estimate of drug-likeness (QED) is 0.132. The Morgan fingerprint density at radius 1 is 0.638 bits per heavy atom. The second-order valence-corrected chi connectivity index (χ2v) is 15.7. The zero-order chi connectivity index (χ0) is 34.0. The van der Waals surface area contributed by atoms with E-state index in [-0.39, 0.29) is 21.2 Å².